The molecular formula is C24H17NO2. The average molecular weight is 351 g/mol. The van der Waals surface area contributed by atoms with E-state index in [2.05, 4.69) is 17.1 Å². The molecule has 0 unspecified atom stereocenters. The van der Waals surface area contributed by atoms with E-state index in [1.165, 1.54) is 0 Å². The summed E-state index contributed by atoms with van der Waals surface area (Å²) in [5, 5.41) is 0. The second-order valence-electron chi connectivity index (χ2n) is 6.07. The van der Waals surface area contributed by atoms with E-state index in [9.17, 15) is 4.79 Å². The third-order valence-corrected chi connectivity index (χ3v) is 4.20. The molecule has 3 aromatic carbocycles. The van der Waals surface area contributed by atoms with Gasteiger partial charge in [-0.25, -0.2) is 9.79 Å². The zero-order valence-electron chi connectivity index (χ0n) is 14.6. The summed E-state index contributed by atoms with van der Waals surface area (Å²) in [5.41, 5.74) is 4.37. The lowest BCUT2D eigenvalue weighted by Gasteiger charge is -2.03. The van der Waals surface area contributed by atoms with E-state index in [1.54, 1.807) is 12.2 Å². The van der Waals surface area contributed by atoms with Crippen molar-refractivity contribution in [2.75, 3.05) is 0 Å². The first-order valence-electron chi connectivity index (χ1n) is 8.70. The maximum Gasteiger partial charge on any atom is 0.363 e. The number of carbonyl (C=O) groups is 1. The van der Waals surface area contributed by atoms with Gasteiger partial charge in [-0.15, -0.1) is 0 Å². The summed E-state index contributed by atoms with van der Waals surface area (Å²) in [4.78, 5) is 16.4. The fourth-order valence-electron chi connectivity index (χ4n) is 2.80. The fraction of sp³-hybridized carbons (Fsp3) is 0. The first-order chi connectivity index (χ1) is 13.3. The van der Waals surface area contributed by atoms with E-state index < -0.39 is 5.97 Å². The van der Waals surface area contributed by atoms with E-state index in [-0.39, 0.29) is 0 Å². The number of aliphatic imine (C=N–C) groups is 1. The molecule has 0 radical (unpaired) electrons. The Morgan fingerprint density at radius 2 is 1.30 bits per heavy atom. The summed E-state index contributed by atoms with van der Waals surface area (Å²) < 4.78 is 5.32. The zero-order valence-corrected chi connectivity index (χ0v) is 14.6. The van der Waals surface area contributed by atoms with Crippen molar-refractivity contribution in [2.24, 2.45) is 4.99 Å². The first-order valence-corrected chi connectivity index (χ1v) is 8.70. The van der Waals surface area contributed by atoms with Gasteiger partial charge < -0.3 is 4.74 Å². The molecule has 0 aromatic heterocycles. The van der Waals surface area contributed by atoms with Gasteiger partial charge >= 0.3 is 5.97 Å². The molecule has 3 heteroatoms. The van der Waals surface area contributed by atoms with E-state index in [4.69, 9.17) is 4.74 Å². The van der Waals surface area contributed by atoms with Gasteiger partial charge in [0.25, 0.3) is 0 Å². The number of carbonyl (C=O) groups excluding carboxylic acids is 1. The molecule has 3 aromatic rings. The highest BCUT2D eigenvalue weighted by molar-refractivity contribution is 6.11. The molecule has 4 rings (SSSR count). The molecule has 0 saturated carbocycles. The van der Waals surface area contributed by atoms with Gasteiger partial charge in [0.15, 0.2) is 5.70 Å². The van der Waals surface area contributed by atoms with E-state index in [0.717, 1.165) is 22.3 Å². The van der Waals surface area contributed by atoms with Crippen LogP contribution in [0.1, 0.15) is 11.1 Å². The third-order valence-electron chi connectivity index (χ3n) is 4.20. The molecule has 1 aliphatic heterocycles. The Hall–Kier alpha value is -3.72. The number of esters is 1. The predicted octanol–water partition coefficient (Wildman–Crippen LogP) is 5.25. The minimum absolute atomic E-state index is 0.296. The molecule has 0 bridgehead atoms. The standard InChI is InChI=1S/C24H17NO2/c26-24-22(13-7-10-18-8-3-1-4-9-18)25-23(27-24)21-16-14-20(15-17-21)19-11-5-2-6-12-19/h1-17H. The Labute approximate surface area is 158 Å². The van der Waals surface area contributed by atoms with Gasteiger partial charge in [-0.2, -0.15) is 0 Å². The molecule has 0 saturated heterocycles. The van der Waals surface area contributed by atoms with Crippen molar-refractivity contribution in [3.8, 4) is 11.1 Å². The van der Waals surface area contributed by atoms with Crippen molar-refractivity contribution < 1.29 is 9.53 Å². The molecule has 27 heavy (non-hydrogen) atoms. The molecule has 0 N–H and O–H groups in total. The average Bonchev–Trinajstić information content (AvgIpc) is 3.10. The SMILES string of the molecule is O=C1OC(c2ccc(-c3ccccc3)cc2)=NC1=CC=Cc1ccccc1. The van der Waals surface area contributed by atoms with Crippen LogP contribution in [0, 0.1) is 0 Å². The highest BCUT2D eigenvalue weighted by Crippen LogP contribution is 2.22. The maximum absolute atomic E-state index is 12.0. The van der Waals surface area contributed by atoms with Crippen LogP contribution in [0.5, 0.6) is 0 Å². The molecule has 0 amide bonds. The smallest absolute Gasteiger partial charge is 0.363 e. The van der Waals surface area contributed by atoms with Gasteiger partial charge in [0.2, 0.25) is 5.90 Å². The predicted molar refractivity (Wildman–Crippen MR) is 108 cm³/mol. The number of cyclic esters (lactones) is 1. The van der Waals surface area contributed by atoms with Crippen molar-refractivity contribution >= 4 is 17.9 Å². The molecule has 1 heterocycles. The highest BCUT2D eigenvalue weighted by Gasteiger charge is 2.23. The number of hydrogen-bond donors (Lipinski definition) is 0. The Balaban J connectivity index is 1.52. The monoisotopic (exact) mass is 351 g/mol. The minimum Gasteiger partial charge on any atom is -0.402 e. The minimum atomic E-state index is -0.435. The summed E-state index contributed by atoms with van der Waals surface area (Å²) in [6, 6.07) is 27.8. The fourth-order valence-corrected chi connectivity index (χ4v) is 2.80. The van der Waals surface area contributed by atoms with Crippen molar-refractivity contribution in [3.63, 3.8) is 0 Å². The summed E-state index contributed by atoms with van der Waals surface area (Å²) >= 11 is 0. The number of allylic oxidation sites excluding steroid dienone is 2. The maximum atomic E-state index is 12.0. The molecule has 0 atom stereocenters. The van der Waals surface area contributed by atoms with Crippen molar-refractivity contribution in [1.82, 2.24) is 0 Å². The molecule has 0 fully saturated rings. The lowest BCUT2D eigenvalue weighted by Crippen LogP contribution is -2.05. The van der Waals surface area contributed by atoms with E-state index in [1.807, 2.05) is 78.9 Å². The summed E-state index contributed by atoms with van der Waals surface area (Å²) in [7, 11) is 0. The number of nitrogens with zero attached hydrogens (tertiary/aromatic N) is 1. The Morgan fingerprint density at radius 3 is 2.00 bits per heavy atom. The van der Waals surface area contributed by atoms with Crippen LogP contribution in [-0.2, 0) is 9.53 Å². The van der Waals surface area contributed by atoms with Crippen LogP contribution in [-0.4, -0.2) is 11.9 Å². The normalized spacial score (nSPS) is 15.2. The quantitative estimate of drug-likeness (QED) is 0.475. The van der Waals surface area contributed by atoms with Gasteiger partial charge in [0.1, 0.15) is 0 Å². The summed E-state index contributed by atoms with van der Waals surface area (Å²) in [6.45, 7) is 0. The van der Waals surface area contributed by atoms with Crippen LogP contribution in [0.4, 0.5) is 0 Å². The van der Waals surface area contributed by atoms with Crippen LogP contribution in [0.3, 0.4) is 0 Å². The van der Waals surface area contributed by atoms with Crippen LogP contribution in [0.2, 0.25) is 0 Å². The zero-order chi connectivity index (χ0) is 18.5. The Kier molecular flexibility index (Phi) is 4.75. The lowest BCUT2D eigenvalue weighted by molar-refractivity contribution is -0.130. The molecule has 0 spiro atoms. The number of ether oxygens (including phenoxy) is 1. The number of rotatable bonds is 4. The summed E-state index contributed by atoms with van der Waals surface area (Å²) in [5.74, 6) is -0.103. The Morgan fingerprint density at radius 1 is 0.704 bits per heavy atom. The van der Waals surface area contributed by atoms with Crippen molar-refractivity contribution in [2.45, 2.75) is 0 Å². The molecule has 130 valence electrons. The number of benzene rings is 3. The molecular weight excluding hydrogens is 334 g/mol. The third kappa shape index (κ3) is 3.93. The van der Waals surface area contributed by atoms with Crippen LogP contribution in [0.25, 0.3) is 17.2 Å². The second-order valence-corrected chi connectivity index (χ2v) is 6.07. The van der Waals surface area contributed by atoms with Gasteiger partial charge in [-0.3, -0.25) is 0 Å². The first kappa shape index (κ1) is 16.7. The van der Waals surface area contributed by atoms with Crippen molar-refractivity contribution in [3.05, 3.63) is 114 Å². The van der Waals surface area contributed by atoms with Gasteiger partial charge in [0, 0.05) is 5.56 Å². The van der Waals surface area contributed by atoms with Gasteiger partial charge in [-0.1, -0.05) is 84.9 Å². The highest BCUT2D eigenvalue weighted by atomic mass is 16.6. The Bertz CT molecular complexity index is 1030. The van der Waals surface area contributed by atoms with Crippen LogP contribution >= 0.6 is 0 Å². The van der Waals surface area contributed by atoms with E-state index in [0.29, 0.717) is 11.6 Å². The van der Waals surface area contributed by atoms with Crippen LogP contribution < -0.4 is 0 Å². The molecule has 3 nitrogen and oxygen atoms in total. The van der Waals surface area contributed by atoms with Gasteiger partial charge in [-0.05, 0) is 34.9 Å². The molecule has 1 aliphatic rings. The van der Waals surface area contributed by atoms with Gasteiger partial charge in [0.05, 0.1) is 0 Å². The van der Waals surface area contributed by atoms with Crippen molar-refractivity contribution in [1.29, 1.82) is 0 Å². The lowest BCUT2D eigenvalue weighted by atomic mass is 10.0. The number of hydrogen-bond acceptors (Lipinski definition) is 3. The second kappa shape index (κ2) is 7.67. The van der Waals surface area contributed by atoms with Crippen LogP contribution in [0.15, 0.2) is 108 Å². The largest absolute Gasteiger partial charge is 0.402 e. The summed E-state index contributed by atoms with van der Waals surface area (Å²) in [6.07, 6.45) is 5.39. The topological polar surface area (TPSA) is 38.7 Å². The molecule has 0 aliphatic carbocycles. The van der Waals surface area contributed by atoms with E-state index >= 15 is 0 Å².